The number of benzene rings is 1. The second kappa shape index (κ2) is 7.54. The summed E-state index contributed by atoms with van der Waals surface area (Å²) in [6, 6.07) is 6.98. The minimum atomic E-state index is -0.388. The van der Waals surface area contributed by atoms with Crippen LogP contribution in [0, 0.1) is 5.92 Å². The molecule has 1 aliphatic heterocycles. The van der Waals surface area contributed by atoms with Crippen LogP contribution < -0.4 is 20.1 Å². The maximum absolute atomic E-state index is 12.8. The number of aromatic nitrogens is 4. The van der Waals surface area contributed by atoms with Gasteiger partial charge in [0.15, 0.2) is 5.82 Å². The largest absolute Gasteiger partial charge is 0.497 e. The van der Waals surface area contributed by atoms with Crippen molar-refractivity contribution in [3.05, 3.63) is 35.5 Å². The van der Waals surface area contributed by atoms with Crippen molar-refractivity contribution in [3.8, 4) is 22.8 Å². The first-order valence-electron chi connectivity index (χ1n) is 9.37. The molecule has 1 atom stereocenters. The number of carbonyl (C=O) groups is 2. The fourth-order valence-corrected chi connectivity index (χ4v) is 3.42. The number of anilines is 2. The van der Waals surface area contributed by atoms with Crippen molar-refractivity contribution in [2.75, 3.05) is 24.9 Å². The van der Waals surface area contributed by atoms with Gasteiger partial charge in [0.2, 0.25) is 5.91 Å². The molecule has 2 amide bonds. The lowest BCUT2D eigenvalue weighted by Gasteiger charge is -2.19. The van der Waals surface area contributed by atoms with Crippen molar-refractivity contribution >= 4 is 23.5 Å². The molecule has 1 unspecified atom stereocenters. The number of nitrogens with one attached hydrogen (secondary N) is 3. The van der Waals surface area contributed by atoms with Crippen LogP contribution in [0.1, 0.15) is 23.0 Å². The number of fused-ring (bicyclic) bond motifs is 1. The highest BCUT2D eigenvalue weighted by Gasteiger charge is 2.29. The average Bonchev–Trinajstić information content (AvgIpc) is 3.34. The van der Waals surface area contributed by atoms with E-state index in [9.17, 15) is 9.59 Å². The zero-order valence-electron chi connectivity index (χ0n) is 17.1. The van der Waals surface area contributed by atoms with E-state index in [2.05, 4.69) is 25.9 Å². The lowest BCUT2D eigenvalue weighted by Crippen LogP contribution is -2.28. The molecule has 0 fully saturated rings. The predicted molar refractivity (Wildman–Crippen MR) is 110 cm³/mol. The van der Waals surface area contributed by atoms with E-state index >= 15 is 0 Å². The van der Waals surface area contributed by atoms with Crippen molar-refractivity contribution < 1.29 is 19.1 Å². The number of hydrogen-bond donors (Lipinski definition) is 3. The summed E-state index contributed by atoms with van der Waals surface area (Å²) in [5.41, 5.74) is 2.30. The van der Waals surface area contributed by atoms with E-state index < -0.39 is 0 Å². The van der Waals surface area contributed by atoms with Crippen molar-refractivity contribution in [1.82, 2.24) is 20.0 Å². The van der Waals surface area contributed by atoms with Gasteiger partial charge in [0.25, 0.3) is 5.91 Å². The SMILES string of the molecule is COc1ccc(OC)c(-c2cc(C(=O)Nc3nn(C)c4c3CC(C)C(=O)N4)[nH]n2)c1. The van der Waals surface area contributed by atoms with E-state index in [0.29, 0.717) is 40.8 Å². The fourth-order valence-electron chi connectivity index (χ4n) is 3.42. The summed E-state index contributed by atoms with van der Waals surface area (Å²) < 4.78 is 12.2. The highest BCUT2D eigenvalue weighted by molar-refractivity contribution is 6.04. The Morgan fingerprint density at radius 3 is 2.80 bits per heavy atom. The number of hydrogen-bond acceptors (Lipinski definition) is 6. The maximum atomic E-state index is 12.8. The Hall–Kier alpha value is -3.82. The number of amides is 2. The Kier molecular flexibility index (Phi) is 4.90. The molecular weight excluding hydrogens is 388 g/mol. The summed E-state index contributed by atoms with van der Waals surface area (Å²) in [4.78, 5) is 24.7. The molecule has 10 heteroatoms. The number of H-pyrrole nitrogens is 1. The van der Waals surface area contributed by atoms with Crippen molar-refractivity contribution in [2.24, 2.45) is 13.0 Å². The van der Waals surface area contributed by atoms with Crippen LogP contribution >= 0.6 is 0 Å². The van der Waals surface area contributed by atoms with Gasteiger partial charge in [0.05, 0.1) is 19.9 Å². The van der Waals surface area contributed by atoms with Crippen LogP contribution in [0.3, 0.4) is 0 Å². The predicted octanol–water partition coefficient (Wildman–Crippen LogP) is 2.21. The van der Waals surface area contributed by atoms with Gasteiger partial charge in [-0.2, -0.15) is 10.2 Å². The van der Waals surface area contributed by atoms with E-state index in [-0.39, 0.29) is 23.4 Å². The van der Waals surface area contributed by atoms with Gasteiger partial charge in [-0.15, -0.1) is 0 Å². The average molecular weight is 410 g/mol. The number of rotatable bonds is 5. The monoisotopic (exact) mass is 410 g/mol. The van der Waals surface area contributed by atoms with Crippen LogP contribution in [0.5, 0.6) is 11.5 Å². The van der Waals surface area contributed by atoms with Crippen molar-refractivity contribution in [3.63, 3.8) is 0 Å². The molecule has 4 rings (SSSR count). The van der Waals surface area contributed by atoms with Crippen molar-refractivity contribution in [1.29, 1.82) is 0 Å². The Morgan fingerprint density at radius 2 is 2.07 bits per heavy atom. The quantitative estimate of drug-likeness (QED) is 0.593. The zero-order chi connectivity index (χ0) is 21.4. The Bertz CT molecular complexity index is 1130. The first-order chi connectivity index (χ1) is 14.4. The van der Waals surface area contributed by atoms with Crippen LogP contribution in [0.15, 0.2) is 24.3 Å². The Morgan fingerprint density at radius 1 is 1.27 bits per heavy atom. The van der Waals surface area contributed by atoms with E-state index in [1.165, 1.54) is 0 Å². The molecular formula is C20H22N6O4. The minimum Gasteiger partial charge on any atom is -0.497 e. The molecule has 0 aliphatic carbocycles. The zero-order valence-corrected chi connectivity index (χ0v) is 17.1. The number of nitrogens with zero attached hydrogens (tertiary/aromatic N) is 3. The van der Waals surface area contributed by atoms with E-state index in [1.807, 2.05) is 6.92 Å². The number of aryl methyl sites for hydroxylation is 1. The van der Waals surface area contributed by atoms with Gasteiger partial charge in [-0.05, 0) is 30.7 Å². The topological polar surface area (TPSA) is 123 Å². The number of methoxy groups -OCH3 is 2. The molecule has 3 N–H and O–H groups in total. The molecule has 1 aromatic carbocycles. The molecule has 156 valence electrons. The van der Waals surface area contributed by atoms with Crippen LogP contribution in [-0.2, 0) is 18.3 Å². The molecule has 30 heavy (non-hydrogen) atoms. The number of aromatic amines is 1. The molecule has 0 saturated heterocycles. The number of ether oxygens (including phenoxy) is 2. The summed E-state index contributed by atoms with van der Waals surface area (Å²) >= 11 is 0. The van der Waals surface area contributed by atoms with Gasteiger partial charge in [-0.25, -0.2) is 0 Å². The third kappa shape index (κ3) is 3.36. The summed E-state index contributed by atoms with van der Waals surface area (Å²) in [5.74, 6) is 1.62. The Labute approximate surface area is 172 Å². The van der Waals surface area contributed by atoms with Gasteiger partial charge in [-0.1, -0.05) is 6.92 Å². The first-order valence-corrected chi connectivity index (χ1v) is 9.37. The van der Waals surface area contributed by atoms with E-state index in [0.717, 1.165) is 5.56 Å². The van der Waals surface area contributed by atoms with Crippen LogP contribution in [-0.4, -0.2) is 46.0 Å². The molecule has 0 bridgehead atoms. The standard InChI is InChI=1S/C20H22N6O4/c1-10-7-13-17(25-26(2)18(13)22-19(10)27)21-20(28)15-9-14(23-24-15)12-8-11(29-3)5-6-16(12)30-4/h5-6,8-10H,7H2,1-4H3,(H,22,27)(H,23,24)(H,21,25,28). The lowest BCUT2D eigenvalue weighted by molar-refractivity contribution is -0.119. The van der Waals surface area contributed by atoms with E-state index in [1.54, 1.807) is 50.2 Å². The van der Waals surface area contributed by atoms with Gasteiger partial charge in [0.1, 0.15) is 23.0 Å². The second-order valence-electron chi connectivity index (χ2n) is 7.08. The summed E-state index contributed by atoms with van der Waals surface area (Å²) in [7, 11) is 4.86. The molecule has 0 spiro atoms. The summed E-state index contributed by atoms with van der Waals surface area (Å²) in [5, 5.41) is 17.0. The van der Waals surface area contributed by atoms with Gasteiger partial charge < -0.3 is 20.1 Å². The molecule has 3 heterocycles. The second-order valence-corrected chi connectivity index (χ2v) is 7.08. The lowest BCUT2D eigenvalue weighted by atomic mass is 9.98. The molecule has 2 aromatic heterocycles. The van der Waals surface area contributed by atoms with Gasteiger partial charge in [-0.3, -0.25) is 19.4 Å². The smallest absolute Gasteiger partial charge is 0.274 e. The molecule has 1 aliphatic rings. The third-order valence-corrected chi connectivity index (χ3v) is 5.08. The fraction of sp³-hybridized carbons (Fsp3) is 0.300. The summed E-state index contributed by atoms with van der Waals surface area (Å²) in [6.07, 6.45) is 0.500. The van der Waals surface area contributed by atoms with Gasteiger partial charge in [0, 0.05) is 24.1 Å². The molecule has 0 radical (unpaired) electrons. The highest BCUT2D eigenvalue weighted by atomic mass is 16.5. The third-order valence-electron chi connectivity index (χ3n) is 5.08. The van der Waals surface area contributed by atoms with E-state index in [4.69, 9.17) is 9.47 Å². The normalized spacial score (nSPS) is 15.3. The Balaban J connectivity index is 1.60. The first kappa shape index (κ1) is 19.5. The maximum Gasteiger partial charge on any atom is 0.274 e. The van der Waals surface area contributed by atoms with Crippen LogP contribution in [0.25, 0.3) is 11.3 Å². The molecule has 10 nitrogen and oxygen atoms in total. The van der Waals surface area contributed by atoms with Crippen molar-refractivity contribution in [2.45, 2.75) is 13.3 Å². The molecule has 3 aromatic rings. The van der Waals surface area contributed by atoms with Gasteiger partial charge >= 0.3 is 0 Å². The summed E-state index contributed by atoms with van der Waals surface area (Å²) in [6.45, 7) is 1.83. The van der Waals surface area contributed by atoms with Crippen LogP contribution in [0.2, 0.25) is 0 Å². The highest BCUT2D eigenvalue weighted by Crippen LogP contribution is 2.33. The molecule has 0 saturated carbocycles. The van der Waals surface area contributed by atoms with Crippen LogP contribution in [0.4, 0.5) is 11.6 Å². The number of carbonyl (C=O) groups excluding carboxylic acids is 2. The minimum absolute atomic E-state index is 0.0613.